The summed E-state index contributed by atoms with van der Waals surface area (Å²) in [5.74, 6) is -2.39. The van der Waals surface area contributed by atoms with Crippen molar-refractivity contribution in [2.24, 2.45) is 0 Å². The lowest BCUT2D eigenvalue weighted by Gasteiger charge is -2.10. The minimum Gasteiger partial charge on any atom is -0.478 e. The topological polar surface area (TPSA) is 101 Å². The average molecular weight is 311 g/mol. The van der Waals surface area contributed by atoms with Crippen LogP contribution in [0.2, 0.25) is 0 Å². The van der Waals surface area contributed by atoms with E-state index in [1.165, 1.54) is 12.1 Å². The standard InChI is InChI=1S/C14H17NO5S/c1-2-9-3-4-10(14(17)18)7-12(9)21(19,20)8-13(16)15-11-5-6-11/h3-4,7,11H,2,5-6,8H2,1H3,(H,15,16)(H,17,18). The van der Waals surface area contributed by atoms with Crippen molar-refractivity contribution < 1.29 is 23.1 Å². The Morgan fingerprint density at radius 3 is 2.52 bits per heavy atom. The predicted molar refractivity (Wildman–Crippen MR) is 76.0 cm³/mol. The zero-order valence-electron chi connectivity index (χ0n) is 11.6. The summed E-state index contributed by atoms with van der Waals surface area (Å²) in [6.45, 7) is 1.78. The highest BCUT2D eigenvalue weighted by Gasteiger charge is 2.28. The van der Waals surface area contributed by atoms with Crippen molar-refractivity contribution in [1.29, 1.82) is 0 Å². The molecule has 2 rings (SSSR count). The Bertz CT molecular complexity index is 677. The first kappa shape index (κ1) is 15.5. The van der Waals surface area contributed by atoms with Gasteiger partial charge in [0.25, 0.3) is 0 Å². The Morgan fingerprint density at radius 1 is 1.33 bits per heavy atom. The number of amides is 1. The van der Waals surface area contributed by atoms with Gasteiger partial charge in [0.15, 0.2) is 9.84 Å². The molecule has 0 aromatic heterocycles. The van der Waals surface area contributed by atoms with Crippen LogP contribution in [0.25, 0.3) is 0 Å². The van der Waals surface area contributed by atoms with Crippen molar-refractivity contribution in [3.8, 4) is 0 Å². The molecule has 1 amide bonds. The summed E-state index contributed by atoms with van der Waals surface area (Å²) in [5.41, 5.74) is 0.410. The Hall–Kier alpha value is -1.89. The molecule has 0 atom stereocenters. The zero-order chi connectivity index (χ0) is 15.6. The summed E-state index contributed by atoms with van der Waals surface area (Å²) in [6, 6.07) is 4.06. The van der Waals surface area contributed by atoms with Crippen LogP contribution in [-0.4, -0.2) is 37.2 Å². The van der Waals surface area contributed by atoms with Gasteiger partial charge in [0.1, 0.15) is 5.75 Å². The maximum Gasteiger partial charge on any atom is 0.335 e. The molecule has 0 spiro atoms. The van der Waals surface area contributed by atoms with Gasteiger partial charge in [0.05, 0.1) is 10.5 Å². The van der Waals surface area contributed by atoms with Crippen molar-refractivity contribution in [3.05, 3.63) is 29.3 Å². The van der Waals surface area contributed by atoms with Gasteiger partial charge in [0, 0.05) is 6.04 Å². The third kappa shape index (κ3) is 3.81. The minimum absolute atomic E-state index is 0.0733. The molecule has 0 aliphatic heterocycles. The first-order chi connectivity index (χ1) is 9.83. The first-order valence-corrected chi connectivity index (χ1v) is 8.37. The maximum absolute atomic E-state index is 12.3. The number of carbonyl (C=O) groups is 2. The van der Waals surface area contributed by atoms with E-state index in [9.17, 15) is 18.0 Å². The summed E-state index contributed by atoms with van der Waals surface area (Å²) >= 11 is 0. The molecular weight excluding hydrogens is 294 g/mol. The predicted octanol–water partition coefficient (Wildman–Crippen LogP) is 1.000. The number of aromatic carboxylic acids is 1. The second kappa shape index (κ2) is 5.85. The second-order valence-electron chi connectivity index (χ2n) is 5.08. The van der Waals surface area contributed by atoms with Gasteiger partial charge in [-0.2, -0.15) is 0 Å². The summed E-state index contributed by atoms with van der Waals surface area (Å²) < 4.78 is 24.7. The van der Waals surface area contributed by atoms with Crippen LogP contribution in [-0.2, 0) is 21.1 Å². The SMILES string of the molecule is CCc1ccc(C(=O)O)cc1S(=O)(=O)CC(=O)NC1CC1. The molecule has 21 heavy (non-hydrogen) atoms. The number of carbonyl (C=O) groups excluding carboxylic acids is 1. The fraction of sp³-hybridized carbons (Fsp3) is 0.429. The van der Waals surface area contributed by atoms with Gasteiger partial charge < -0.3 is 10.4 Å². The van der Waals surface area contributed by atoms with Gasteiger partial charge in [-0.15, -0.1) is 0 Å². The number of aryl methyl sites for hydroxylation is 1. The van der Waals surface area contributed by atoms with Crippen molar-refractivity contribution in [2.75, 3.05) is 5.75 Å². The van der Waals surface area contributed by atoms with Crippen LogP contribution in [0.5, 0.6) is 0 Å². The number of hydrogen-bond acceptors (Lipinski definition) is 4. The molecule has 0 bridgehead atoms. The van der Waals surface area contributed by atoms with Crippen molar-refractivity contribution in [3.63, 3.8) is 0 Å². The molecule has 0 saturated heterocycles. The lowest BCUT2D eigenvalue weighted by molar-refractivity contribution is -0.118. The van der Waals surface area contributed by atoms with E-state index in [0.29, 0.717) is 12.0 Å². The third-order valence-corrected chi connectivity index (χ3v) is 4.99. The summed E-state index contributed by atoms with van der Waals surface area (Å²) in [7, 11) is -3.85. The summed E-state index contributed by atoms with van der Waals surface area (Å²) in [4.78, 5) is 22.6. The molecule has 1 saturated carbocycles. The monoisotopic (exact) mass is 311 g/mol. The van der Waals surface area contributed by atoms with Crippen LogP contribution in [0, 0.1) is 0 Å². The number of nitrogens with one attached hydrogen (secondary N) is 1. The van der Waals surface area contributed by atoms with Crippen molar-refractivity contribution >= 4 is 21.7 Å². The molecule has 6 nitrogen and oxygen atoms in total. The van der Waals surface area contributed by atoms with Crippen LogP contribution in [0.4, 0.5) is 0 Å². The molecule has 1 aromatic carbocycles. The smallest absolute Gasteiger partial charge is 0.335 e. The average Bonchev–Trinajstić information content (AvgIpc) is 3.20. The van der Waals surface area contributed by atoms with E-state index in [1.54, 1.807) is 6.92 Å². The van der Waals surface area contributed by atoms with Crippen LogP contribution in [0.1, 0.15) is 35.7 Å². The molecule has 2 N–H and O–H groups in total. The van der Waals surface area contributed by atoms with Crippen molar-refractivity contribution in [1.82, 2.24) is 5.32 Å². The Kier molecular flexibility index (Phi) is 4.32. The molecule has 0 radical (unpaired) electrons. The number of sulfone groups is 1. The molecule has 1 fully saturated rings. The molecule has 1 aromatic rings. The molecule has 1 aliphatic rings. The Morgan fingerprint density at radius 2 is 2.00 bits per heavy atom. The van der Waals surface area contributed by atoms with Gasteiger partial charge in [0.2, 0.25) is 5.91 Å². The van der Waals surface area contributed by atoms with Crippen molar-refractivity contribution in [2.45, 2.75) is 37.1 Å². The third-order valence-electron chi connectivity index (χ3n) is 3.29. The van der Waals surface area contributed by atoms with Gasteiger partial charge in [-0.05, 0) is 37.0 Å². The molecule has 0 unspecified atom stereocenters. The van der Waals surface area contributed by atoms with Gasteiger partial charge in [-0.3, -0.25) is 4.79 Å². The van der Waals surface area contributed by atoms with Crippen LogP contribution >= 0.6 is 0 Å². The summed E-state index contributed by atoms with van der Waals surface area (Å²) in [6.07, 6.45) is 2.19. The second-order valence-corrected chi connectivity index (χ2v) is 7.04. The highest BCUT2D eigenvalue weighted by atomic mass is 32.2. The van der Waals surface area contributed by atoms with Crippen LogP contribution in [0.15, 0.2) is 23.1 Å². The number of hydrogen-bond donors (Lipinski definition) is 2. The lowest BCUT2D eigenvalue weighted by atomic mass is 10.1. The fourth-order valence-corrected chi connectivity index (χ4v) is 3.52. The molecule has 0 heterocycles. The first-order valence-electron chi connectivity index (χ1n) is 6.72. The summed E-state index contributed by atoms with van der Waals surface area (Å²) in [5, 5.41) is 11.6. The lowest BCUT2D eigenvalue weighted by Crippen LogP contribution is -2.32. The Balaban J connectivity index is 2.30. The van der Waals surface area contributed by atoms with Crippen LogP contribution < -0.4 is 5.32 Å². The largest absolute Gasteiger partial charge is 0.478 e. The number of benzene rings is 1. The highest BCUT2D eigenvalue weighted by molar-refractivity contribution is 7.92. The van der Waals surface area contributed by atoms with Gasteiger partial charge in [-0.25, -0.2) is 13.2 Å². The molecular formula is C14H17NO5S. The zero-order valence-corrected chi connectivity index (χ0v) is 12.4. The quantitative estimate of drug-likeness (QED) is 0.816. The van der Waals surface area contributed by atoms with E-state index in [4.69, 9.17) is 5.11 Å². The number of rotatable bonds is 6. The molecule has 1 aliphatic carbocycles. The highest BCUT2D eigenvalue weighted by Crippen LogP contribution is 2.22. The van der Waals surface area contributed by atoms with E-state index < -0.39 is 27.5 Å². The van der Waals surface area contributed by atoms with E-state index >= 15 is 0 Å². The van der Waals surface area contributed by atoms with E-state index in [2.05, 4.69) is 5.32 Å². The normalized spacial score (nSPS) is 14.7. The van der Waals surface area contributed by atoms with Gasteiger partial charge in [-0.1, -0.05) is 13.0 Å². The van der Waals surface area contributed by atoms with Crippen LogP contribution in [0.3, 0.4) is 0 Å². The Labute approximate surface area is 123 Å². The molecule has 7 heteroatoms. The minimum atomic E-state index is -3.85. The molecule has 114 valence electrons. The van der Waals surface area contributed by atoms with E-state index in [-0.39, 0.29) is 16.5 Å². The fourth-order valence-electron chi connectivity index (χ4n) is 2.02. The van der Waals surface area contributed by atoms with E-state index in [1.807, 2.05) is 0 Å². The maximum atomic E-state index is 12.3. The number of carboxylic acid groups (broad SMARTS) is 1. The van der Waals surface area contributed by atoms with E-state index in [0.717, 1.165) is 18.9 Å². The van der Waals surface area contributed by atoms with Gasteiger partial charge >= 0.3 is 5.97 Å². The number of carboxylic acids is 1.